The van der Waals surface area contributed by atoms with Gasteiger partial charge in [-0.05, 0) is 63.1 Å². The molecule has 0 bridgehead atoms. The van der Waals surface area contributed by atoms with Gasteiger partial charge in [-0.3, -0.25) is 9.59 Å². The van der Waals surface area contributed by atoms with Crippen LogP contribution >= 0.6 is 0 Å². The van der Waals surface area contributed by atoms with Gasteiger partial charge in [-0.25, -0.2) is 0 Å². The number of unbranched alkanes of at least 4 members (excludes halogenated alkanes) is 5. The Morgan fingerprint density at radius 1 is 0.553 bits per heavy atom. The quantitative estimate of drug-likeness (QED) is 0.152. The van der Waals surface area contributed by atoms with E-state index in [1.54, 1.807) is 0 Å². The summed E-state index contributed by atoms with van der Waals surface area (Å²) in [5, 5.41) is 0. The minimum atomic E-state index is -0.0765. The van der Waals surface area contributed by atoms with Crippen molar-refractivity contribution in [1.82, 2.24) is 0 Å². The highest BCUT2D eigenvalue weighted by Crippen LogP contribution is 2.53. The molecule has 2 heteroatoms. The lowest BCUT2D eigenvalue weighted by Gasteiger charge is -2.28. The van der Waals surface area contributed by atoms with Crippen LogP contribution in [0.2, 0.25) is 0 Å². The molecule has 0 aromatic heterocycles. The maximum Gasteiger partial charge on any atom is 0.150 e. The molecule has 0 saturated heterocycles. The molecule has 0 saturated carbocycles. The maximum atomic E-state index is 11.1. The number of aldehydes is 2. The number of rotatable bonds is 11. The van der Waals surface area contributed by atoms with Crippen LogP contribution in [0, 0.1) is 0 Å². The third-order valence-electron chi connectivity index (χ3n) is 8.31. The van der Waals surface area contributed by atoms with Crippen molar-refractivity contribution >= 4 is 12.6 Å². The largest absolute Gasteiger partial charge is 0.298 e. The van der Waals surface area contributed by atoms with Gasteiger partial charge in [0, 0.05) is 16.5 Å². The van der Waals surface area contributed by atoms with Gasteiger partial charge in [0.05, 0.1) is 0 Å². The van der Waals surface area contributed by atoms with Crippen LogP contribution in [-0.2, 0) is 5.41 Å². The number of carbonyl (C=O) groups excluding carboxylic acids is 2. The van der Waals surface area contributed by atoms with Gasteiger partial charge in [-0.1, -0.05) is 125 Å². The Bertz CT molecular complexity index is 1330. The Balaban J connectivity index is 1.53. The first-order valence-corrected chi connectivity index (χ1v) is 14.0. The van der Waals surface area contributed by atoms with Crippen LogP contribution in [0.25, 0.3) is 33.4 Å². The fourth-order valence-electron chi connectivity index (χ4n) is 6.01. The fourth-order valence-corrected chi connectivity index (χ4v) is 6.01. The third-order valence-corrected chi connectivity index (χ3v) is 8.31. The van der Waals surface area contributed by atoms with Gasteiger partial charge in [0.2, 0.25) is 0 Å². The Morgan fingerprint density at radius 2 is 0.974 bits per heavy atom. The lowest BCUT2D eigenvalue weighted by atomic mass is 9.75. The molecular weight excluding hydrogens is 464 g/mol. The van der Waals surface area contributed by atoms with Crippen LogP contribution in [-0.4, -0.2) is 12.6 Å². The fraction of sp³-hybridized carbons (Fsp3) is 0.278. The van der Waals surface area contributed by atoms with E-state index in [4.69, 9.17) is 0 Å². The standard InChI is InChI=1S/C36H36O2/c1-3-4-5-6-7-8-21-36(2)34-22-30(28-13-9-26(24-37)10-14-28)17-19-32(34)33-20-18-31(23-35(33)36)29-15-11-27(25-38)12-16-29/h9-20,22-25H,3-8,21H2,1-2H3. The summed E-state index contributed by atoms with van der Waals surface area (Å²) < 4.78 is 0. The molecule has 4 aromatic rings. The van der Waals surface area contributed by atoms with Gasteiger partial charge in [0.1, 0.15) is 12.6 Å². The van der Waals surface area contributed by atoms with E-state index in [-0.39, 0.29) is 5.41 Å². The van der Waals surface area contributed by atoms with Gasteiger partial charge in [0.15, 0.2) is 0 Å². The molecule has 0 atom stereocenters. The van der Waals surface area contributed by atoms with E-state index in [0.29, 0.717) is 11.1 Å². The van der Waals surface area contributed by atoms with Gasteiger partial charge in [-0.15, -0.1) is 0 Å². The molecule has 0 unspecified atom stereocenters. The van der Waals surface area contributed by atoms with Crippen LogP contribution in [0.3, 0.4) is 0 Å². The van der Waals surface area contributed by atoms with Crippen LogP contribution < -0.4 is 0 Å². The number of hydrogen-bond donors (Lipinski definition) is 0. The zero-order chi connectivity index (χ0) is 26.5. The number of carbonyl (C=O) groups is 2. The topological polar surface area (TPSA) is 34.1 Å². The summed E-state index contributed by atoms with van der Waals surface area (Å²) >= 11 is 0. The first kappa shape index (κ1) is 25.9. The van der Waals surface area contributed by atoms with E-state index in [1.807, 2.05) is 48.5 Å². The second-order valence-corrected chi connectivity index (χ2v) is 10.9. The summed E-state index contributed by atoms with van der Waals surface area (Å²) in [6.07, 6.45) is 10.6. The van der Waals surface area contributed by atoms with Gasteiger partial charge < -0.3 is 0 Å². The predicted octanol–water partition coefficient (Wildman–Crippen LogP) is 9.68. The van der Waals surface area contributed by atoms with Gasteiger partial charge in [-0.2, -0.15) is 0 Å². The van der Waals surface area contributed by atoms with Crippen LogP contribution in [0.4, 0.5) is 0 Å². The van der Waals surface area contributed by atoms with E-state index >= 15 is 0 Å². The predicted molar refractivity (Wildman–Crippen MR) is 158 cm³/mol. The summed E-state index contributed by atoms with van der Waals surface area (Å²) in [5.74, 6) is 0. The van der Waals surface area contributed by atoms with Crippen molar-refractivity contribution in [3.63, 3.8) is 0 Å². The normalized spacial score (nSPS) is 13.1. The molecule has 38 heavy (non-hydrogen) atoms. The first-order valence-electron chi connectivity index (χ1n) is 14.0. The SMILES string of the molecule is CCCCCCCCC1(C)c2cc(-c3ccc(C=O)cc3)ccc2-c2ccc(-c3ccc(C=O)cc3)cc21. The summed E-state index contributed by atoms with van der Waals surface area (Å²) in [5.41, 5.74) is 11.4. The summed E-state index contributed by atoms with van der Waals surface area (Å²) in [6.45, 7) is 4.68. The minimum absolute atomic E-state index is 0.0765. The Hall–Kier alpha value is -3.78. The van der Waals surface area contributed by atoms with Crippen LogP contribution in [0.15, 0.2) is 84.9 Å². The molecule has 0 radical (unpaired) electrons. The Kier molecular flexibility index (Phi) is 7.69. The van der Waals surface area contributed by atoms with Gasteiger partial charge in [0.25, 0.3) is 0 Å². The second-order valence-electron chi connectivity index (χ2n) is 10.9. The van der Waals surface area contributed by atoms with E-state index in [1.165, 1.54) is 71.9 Å². The molecule has 0 heterocycles. The molecule has 0 fully saturated rings. The van der Waals surface area contributed by atoms with Crippen LogP contribution in [0.1, 0.15) is 90.6 Å². The van der Waals surface area contributed by atoms with Crippen LogP contribution in [0.5, 0.6) is 0 Å². The molecule has 0 aliphatic heterocycles. The van der Waals surface area contributed by atoms with E-state index < -0.39 is 0 Å². The van der Waals surface area contributed by atoms with Crippen molar-refractivity contribution < 1.29 is 9.59 Å². The summed E-state index contributed by atoms with van der Waals surface area (Å²) in [7, 11) is 0. The van der Waals surface area contributed by atoms with Gasteiger partial charge >= 0.3 is 0 Å². The second kappa shape index (κ2) is 11.3. The highest BCUT2D eigenvalue weighted by Gasteiger charge is 2.39. The van der Waals surface area contributed by atoms with Crippen molar-refractivity contribution in [3.05, 3.63) is 107 Å². The van der Waals surface area contributed by atoms with E-state index in [9.17, 15) is 9.59 Å². The molecule has 0 amide bonds. The molecule has 4 aromatic carbocycles. The first-order chi connectivity index (χ1) is 18.6. The molecule has 0 N–H and O–H groups in total. The smallest absolute Gasteiger partial charge is 0.150 e. The van der Waals surface area contributed by atoms with Crippen molar-refractivity contribution in [2.45, 2.75) is 64.2 Å². The molecule has 5 rings (SSSR count). The van der Waals surface area contributed by atoms with Crippen molar-refractivity contribution in [1.29, 1.82) is 0 Å². The molecule has 1 aliphatic carbocycles. The summed E-state index contributed by atoms with van der Waals surface area (Å²) in [4.78, 5) is 22.3. The highest BCUT2D eigenvalue weighted by atomic mass is 16.1. The Labute approximate surface area is 226 Å². The zero-order valence-electron chi connectivity index (χ0n) is 22.5. The van der Waals surface area contributed by atoms with Crippen molar-refractivity contribution in [2.24, 2.45) is 0 Å². The third kappa shape index (κ3) is 5.00. The maximum absolute atomic E-state index is 11.1. The number of hydrogen-bond acceptors (Lipinski definition) is 2. The van der Waals surface area contributed by atoms with E-state index in [0.717, 1.165) is 30.1 Å². The van der Waals surface area contributed by atoms with Crippen molar-refractivity contribution in [3.8, 4) is 33.4 Å². The van der Waals surface area contributed by atoms with Crippen molar-refractivity contribution in [2.75, 3.05) is 0 Å². The molecule has 1 aliphatic rings. The zero-order valence-corrected chi connectivity index (χ0v) is 22.5. The monoisotopic (exact) mass is 500 g/mol. The average Bonchev–Trinajstić information content (AvgIpc) is 3.22. The lowest BCUT2D eigenvalue weighted by molar-refractivity contribution is 0.111. The molecule has 2 nitrogen and oxygen atoms in total. The molecule has 0 spiro atoms. The van der Waals surface area contributed by atoms with E-state index in [2.05, 4.69) is 50.2 Å². The highest BCUT2D eigenvalue weighted by molar-refractivity contribution is 5.86. The lowest BCUT2D eigenvalue weighted by Crippen LogP contribution is -2.20. The Morgan fingerprint density at radius 3 is 1.42 bits per heavy atom. The minimum Gasteiger partial charge on any atom is -0.298 e. The molecular formula is C36H36O2. The number of fused-ring (bicyclic) bond motifs is 3. The number of benzene rings is 4. The molecule has 192 valence electrons. The average molecular weight is 501 g/mol. The summed E-state index contributed by atoms with van der Waals surface area (Å²) in [6, 6.07) is 29.5.